The molecule has 2 N–H and O–H groups in total. The second-order valence-corrected chi connectivity index (χ2v) is 4.86. The van der Waals surface area contributed by atoms with Crippen LogP contribution in [0.5, 0.6) is 0 Å². The Labute approximate surface area is 127 Å². The molecule has 0 saturated heterocycles. The van der Waals surface area contributed by atoms with Gasteiger partial charge in [0.05, 0.1) is 10.6 Å². The Balaban J connectivity index is 2.02. The van der Waals surface area contributed by atoms with Gasteiger partial charge in [-0.2, -0.15) is 0 Å². The fourth-order valence-electron chi connectivity index (χ4n) is 1.54. The first kappa shape index (κ1) is 14.9. The Morgan fingerprint density at radius 3 is 2.38 bits per heavy atom. The van der Waals surface area contributed by atoms with Crippen LogP contribution >= 0.6 is 15.9 Å². The number of amides is 2. The van der Waals surface area contributed by atoms with Gasteiger partial charge < -0.3 is 10.6 Å². The summed E-state index contributed by atoms with van der Waals surface area (Å²) in [5, 5.41) is 15.5. The Morgan fingerprint density at radius 1 is 1.14 bits per heavy atom. The average molecular weight is 354 g/mol. The van der Waals surface area contributed by atoms with Crippen molar-refractivity contribution >= 4 is 39.0 Å². The van der Waals surface area contributed by atoms with E-state index in [1.165, 1.54) is 42.5 Å². The molecule has 0 aliphatic rings. The van der Waals surface area contributed by atoms with Crippen molar-refractivity contribution in [3.8, 4) is 0 Å². The molecule has 2 amide bonds. The summed E-state index contributed by atoms with van der Waals surface area (Å²) in [5.41, 5.74) is 0.731. The van der Waals surface area contributed by atoms with Crippen LogP contribution in [0.1, 0.15) is 0 Å². The molecule has 6 nitrogen and oxygen atoms in total. The van der Waals surface area contributed by atoms with Gasteiger partial charge in [0.1, 0.15) is 5.82 Å². The number of carbonyl (C=O) groups is 1. The van der Waals surface area contributed by atoms with E-state index < -0.39 is 16.8 Å². The molecular formula is C13H9BrFN3O3. The van der Waals surface area contributed by atoms with Gasteiger partial charge in [-0.05, 0) is 46.3 Å². The molecule has 8 heteroatoms. The Hall–Kier alpha value is -2.48. The summed E-state index contributed by atoms with van der Waals surface area (Å²) >= 11 is 3.13. The van der Waals surface area contributed by atoms with Gasteiger partial charge in [0.25, 0.3) is 5.69 Å². The smallest absolute Gasteiger partial charge is 0.308 e. The lowest BCUT2D eigenvalue weighted by molar-refractivity contribution is -0.384. The molecule has 0 spiro atoms. The van der Waals surface area contributed by atoms with Gasteiger partial charge in [0, 0.05) is 22.3 Å². The van der Waals surface area contributed by atoms with Crippen LogP contribution in [-0.4, -0.2) is 11.0 Å². The van der Waals surface area contributed by atoms with E-state index in [9.17, 15) is 19.3 Å². The Kier molecular flexibility index (Phi) is 4.49. The Morgan fingerprint density at radius 2 is 1.81 bits per heavy atom. The van der Waals surface area contributed by atoms with E-state index in [0.717, 1.165) is 0 Å². The SMILES string of the molecule is O=C(Nc1ccc([N+](=O)[O-])cc1)Nc1ccc(F)cc1Br. The second kappa shape index (κ2) is 6.31. The second-order valence-electron chi connectivity index (χ2n) is 4.01. The summed E-state index contributed by atoms with van der Waals surface area (Å²) in [6.07, 6.45) is 0. The maximum atomic E-state index is 12.9. The minimum absolute atomic E-state index is 0.0674. The number of nitro groups is 1. The lowest BCUT2D eigenvalue weighted by Gasteiger charge is -2.09. The molecule has 21 heavy (non-hydrogen) atoms. The zero-order valence-electron chi connectivity index (χ0n) is 10.5. The molecule has 2 rings (SSSR count). The number of carbonyl (C=O) groups excluding carboxylic acids is 1. The lowest BCUT2D eigenvalue weighted by Crippen LogP contribution is -2.19. The zero-order chi connectivity index (χ0) is 15.4. The van der Waals surface area contributed by atoms with Crippen molar-refractivity contribution in [2.45, 2.75) is 0 Å². The van der Waals surface area contributed by atoms with Gasteiger partial charge in [0.15, 0.2) is 0 Å². The van der Waals surface area contributed by atoms with Crippen molar-refractivity contribution in [1.82, 2.24) is 0 Å². The first-order valence-corrected chi connectivity index (χ1v) is 6.52. The summed E-state index contributed by atoms with van der Waals surface area (Å²) in [4.78, 5) is 21.7. The summed E-state index contributed by atoms with van der Waals surface area (Å²) in [6.45, 7) is 0. The largest absolute Gasteiger partial charge is 0.323 e. The van der Waals surface area contributed by atoms with E-state index in [1.54, 1.807) is 0 Å². The summed E-state index contributed by atoms with van der Waals surface area (Å²) in [5.74, 6) is -0.428. The number of hydrogen-bond acceptors (Lipinski definition) is 3. The zero-order valence-corrected chi connectivity index (χ0v) is 12.1. The van der Waals surface area contributed by atoms with E-state index in [4.69, 9.17) is 0 Å². The molecule has 0 saturated carbocycles. The molecule has 0 aliphatic carbocycles. The standard InChI is InChI=1S/C13H9BrFN3O3/c14-11-7-8(15)1-6-12(11)17-13(19)16-9-2-4-10(5-3-9)18(20)21/h1-7H,(H2,16,17,19). The van der Waals surface area contributed by atoms with Crippen LogP contribution in [-0.2, 0) is 0 Å². The number of nitro benzene ring substituents is 1. The molecule has 0 radical (unpaired) electrons. The summed E-state index contributed by atoms with van der Waals surface area (Å²) in [6, 6.07) is 8.70. The predicted molar refractivity (Wildman–Crippen MR) is 79.8 cm³/mol. The van der Waals surface area contributed by atoms with Crippen LogP contribution in [0.25, 0.3) is 0 Å². The molecule has 0 unspecified atom stereocenters. The van der Waals surface area contributed by atoms with Crippen molar-refractivity contribution in [3.63, 3.8) is 0 Å². The van der Waals surface area contributed by atoms with Crippen molar-refractivity contribution < 1.29 is 14.1 Å². The van der Waals surface area contributed by atoms with E-state index in [0.29, 0.717) is 15.8 Å². The van der Waals surface area contributed by atoms with Gasteiger partial charge in [-0.3, -0.25) is 10.1 Å². The van der Waals surface area contributed by atoms with E-state index in [2.05, 4.69) is 26.6 Å². The number of nitrogens with zero attached hydrogens (tertiary/aromatic N) is 1. The van der Waals surface area contributed by atoms with Crippen molar-refractivity contribution in [3.05, 3.63) is 62.9 Å². The van der Waals surface area contributed by atoms with Crippen molar-refractivity contribution in [1.29, 1.82) is 0 Å². The molecule has 108 valence electrons. The third-order valence-electron chi connectivity index (χ3n) is 2.52. The predicted octanol–water partition coefficient (Wildman–Crippen LogP) is 4.14. The number of halogens is 2. The topological polar surface area (TPSA) is 84.3 Å². The normalized spacial score (nSPS) is 10.0. The average Bonchev–Trinajstić information content (AvgIpc) is 2.42. The van der Waals surface area contributed by atoms with Crippen molar-refractivity contribution in [2.24, 2.45) is 0 Å². The number of non-ortho nitro benzene ring substituents is 1. The molecule has 2 aromatic carbocycles. The number of hydrogen-bond donors (Lipinski definition) is 2. The van der Waals surface area contributed by atoms with Gasteiger partial charge in [-0.15, -0.1) is 0 Å². The van der Waals surface area contributed by atoms with Crippen LogP contribution in [0.4, 0.5) is 26.2 Å². The lowest BCUT2D eigenvalue weighted by atomic mass is 10.3. The Bertz CT molecular complexity index is 692. The molecule has 0 heterocycles. The quantitative estimate of drug-likeness (QED) is 0.642. The summed E-state index contributed by atoms with van der Waals surface area (Å²) in [7, 11) is 0. The van der Waals surface area contributed by atoms with Gasteiger partial charge in [0.2, 0.25) is 0 Å². The van der Waals surface area contributed by atoms with Gasteiger partial charge in [-0.1, -0.05) is 0 Å². The number of benzene rings is 2. The summed E-state index contributed by atoms with van der Waals surface area (Å²) < 4.78 is 13.3. The molecule has 0 aromatic heterocycles. The monoisotopic (exact) mass is 353 g/mol. The first-order valence-electron chi connectivity index (χ1n) is 5.73. The molecular weight excluding hydrogens is 345 g/mol. The fourth-order valence-corrected chi connectivity index (χ4v) is 1.99. The maximum Gasteiger partial charge on any atom is 0.323 e. The van der Waals surface area contributed by atoms with Crippen LogP contribution in [0.2, 0.25) is 0 Å². The number of urea groups is 1. The third kappa shape index (κ3) is 3.99. The molecule has 2 aromatic rings. The highest BCUT2D eigenvalue weighted by atomic mass is 79.9. The highest BCUT2D eigenvalue weighted by molar-refractivity contribution is 9.10. The van der Waals surface area contributed by atoms with Gasteiger partial charge in [-0.25, -0.2) is 9.18 Å². The van der Waals surface area contributed by atoms with Gasteiger partial charge >= 0.3 is 6.03 Å². The van der Waals surface area contributed by atoms with Crippen LogP contribution in [0, 0.1) is 15.9 Å². The minimum Gasteiger partial charge on any atom is -0.308 e. The minimum atomic E-state index is -0.545. The molecule has 0 atom stereocenters. The maximum absolute atomic E-state index is 12.9. The molecule has 0 aliphatic heterocycles. The number of rotatable bonds is 3. The van der Waals surface area contributed by atoms with Crippen LogP contribution < -0.4 is 10.6 Å². The fraction of sp³-hybridized carbons (Fsp3) is 0. The van der Waals surface area contributed by atoms with Crippen molar-refractivity contribution in [2.75, 3.05) is 10.6 Å². The third-order valence-corrected chi connectivity index (χ3v) is 3.17. The molecule has 0 bridgehead atoms. The van der Waals surface area contributed by atoms with E-state index in [1.807, 2.05) is 0 Å². The van der Waals surface area contributed by atoms with E-state index in [-0.39, 0.29) is 5.69 Å². The molecule has 0 fully saturated rings. The number of anilines is 2. The van der Waals surface area contributed by atoms with E-state index >= 15 is 0 Å². The van der Waals surface area contributed by atoms with Crippen LogP contribution in [0.3, 0.4) is 0 Å². The first-order chi connectivity index (χ1) is 9.95. The highest BCUT2D eigenvalue weighted by Crippen LogP contribution is 2.23. The highest BCUT2D eigenvalue weighted by Gasteiger charge is 2.08. The number of nitrogens with one attached hydrogen (secondary N) is 2. The van der Waals surface area contributed by atoms with Crippen LogP contribution in [0.15, 0.2) is 46.9 Å².